The second-order valence-electron chi connectivity index (χ2n) is 3.11. The molecule has 2 nitrogen and oxygen atoms in total. The van der Waals surface area contributed by atoms with Gasteiger partial charge in [0.25, 0.3) is 0 Å². The first kappa shape index (κ1) is 5.69. The zero-order valence-electron chi connectivity index (χ0n) is 5.55. The van der Waals surface area contributed by atoms with Crippen molar-refractivity contribution in [3.63, 3.8) is 0 Å². The molecule has 1 saturated heterocycles. The third-order valence-electron chi connectivity index (χ3n) is 2.55. The van der Waals surface area contributed by atoms with Gasteiger partial charge in [-0.1, -0.05) is 0 Å². The summed E-state index contributed by atoms with van der Waals surface area (Å²) in [6.45, 7) is 0.966. The molecule has 1 saturated carbocycles. The van der Waals surface area contributed by atoms with Crippen molar-refractivity contribution >= 4 is 0 Å². The molecule has 0 unspecified atom stereocenters. The van der Waals surface area contributed by atoms with E-state index < -0.39 is 0 Å². The number of rotatable bonds is 0. The first-order valence-electron chi connectivity index (χ1n) is 3.75. The monoisotopic (exact) mass is 127 g/mol. The van der Waals surface area contributed by atoms with E-state index in [4.69, 9.17) is 10.5 Å². The van der Waals surface area contributed by atoms with Crippen molar-refractivity contribution in [2.45, 2.75) is 31.4 Å². The second kappa shape index (κ2) is 1.96. The average Bonchev–Trinajstić information content (AvgIpc) is 1.86. The highest BCUT2D eigenvalue weighted by atomic mass is 16.5. The Labute approximate surface area is 55.4 Å². The normalized spacial score (nSPS) is 49.7. The zero-order valence-corrected chi connectivity index (χ0v) is 5.55. The quantitative estimate of drug-likeness (QED) is 0.514. The van der Waals surface area contributed by atoms with Crippen LogP contribution in [0.25, 0.3) is 0 Å². The van der Waals surface area contributed by atoms with Gasteiger partial charge in [-0.15, -0.1) is 0 Å². The fourth-order valence-corrected chi connectivity index (χ4v) is 1.84. The number of nitrogens with two attached hydrogens (primary N) is 1. The molecule has 3 atom stereocenters. The third kappa shape index (κ3) is 0.775. The van der Waals surface area contributed by atoms with Crippen LogP contribution in [-0.2, 0) is 4.74 Å². The van der Waals surface area contributed by atoms with Crippen LogP contribution in [0.4, 0.5) is 0 Å². The Balaban J connectivity index is 1.94. The van der Waals surface area contributed by atoms with Gasteiger partial charge in [-0.05, 0) is 19.3 Å². The van der Waals surface area contributed by atoms with E-state index in [0.717, 1.165) is 13.0 Å². The molecule has 1 aliphatic carbocycles. The Morgan fingerprint density at radius 3 is 2.89 bits per heavy atom. The van der Waals surface area contributed by atoms with Crippen LogP contribution in [0.15, 0.2) is 0 Å². The Kier molecular flexibility index (Phi) is 1.24. The number of hydrogen-bond donors (Lipinski definition) is 1. The lowest BCUT2D eigenvalue weighted by Crippen LogP contribution is -2.54. The van der Waals surface area contributed by atoms with Crippen molar-refractivity contribution < 1.29 is 4.74 Å². The van der Waals surface area contributed by atoms with Crippen LogP contribution in [0.1, 0.15) is 19.3 Å². The number of ether oxygens (including phenoxy) is 1. The molecule has 52 valence electrons. The lowest BCUT2D eigenvalue weighted by molar-refractivity contribution is -0.0943. The molecule has 0 aromatic heterocycles. The van der Waals surface area contributed by atoms with E-state index in [-0.39, 0.29) is 0 Å². The molecule has 2 aliphatic rings. The van der Waals surface area contributed by atoms with Crippen LogP contribution in [0.5, 0.6) is 0 Å². The maximum absolute atomic E-state index is 5.75. The Hall–Kier alpha value is -0.0800. The Bertz CT molecular complexity index is 113. The van der Waals surface area contributed by atoms with Crippen molar-refractivity contribution in [2.24, 2.45) is 11.7 Å². The summed E-state index contributed by atoms with van der Waals surface area (Å²) < 4.78 is 5.47. The molecule has 2 rings (SSSR count). The van der Waals surface area contributed by atoms with Crippen molar-refractivity contribution in [2.75, 3.05) is 6.61 Å². The predicted molar refractivity (Wildman–Crippen MR) is 35.1 cm³/mol. The topological polar surface area (TPSA) is 35.2 Å². The predicted octanol–water partition coefficient (Wildman–Crippen LogP) is 0.513. The number of fused-ring (bicyclic) bond motifs is 1. The summed E-state index contributed by atoms with van der Waals surface area (Å²) in [4.78, 5) is 0. The van der Waals surface area contributed by atoms with Gasteiger partial charge in [0, 0.05) is 18.6 Å². The van der Waals surface area contributed by atoms with Gasteiger partial charge in [-0.2, -0.15) is 0 Å². The van der Waals surface area contributed by atoms with E-state index in [1.807, 2.05) is 0 Å². The molecule has 2 N–H and O–H groups in total. The summed E-state index contributed by atoms with van der Waals surface area (Å²) in [6, 6.07) is 0.454. The summed E-state index contributed by atoms with van der Waals surface area (Å²) in [7, 11) is 0. The molecule has 9 heavy (non-hydrogen) atoms. The highest BCUT2D eigenvalue weighted by molar-refractivity contribution is 4.94. The molecule has 0 amide bonds. The Morgan fingerprint density at radius 1 is 1.44 bits per heavy atom. The van der Waals surface area contributed by atoms with Crippen molar-refractivity contribution in [1.29, 1.82) is 0 Å². The molecule has 0 aromatic carbocycles. The van der Waals surface area contributed by atoms with Crippen LogP contribution < -0.4 is 5.73 Å². The van der Waals surface area contributed by atoms with E-state index in [0.29, 0.717) is 18.1 Å². The summed E-state index contributed by atoms with van der Waals surface area (Å²) in [5, 5.41) is 0. The second-order valence-corrected chi connectivity index (χ2v) is 3.11. The Morgan fingerprint density at radius 2 is 2.33 bits per heavy atom. The number of hydrogen-bond acceptors (Lipinski definition) is 2. The third-order valence-corrected chi connectivity index (χ3v) is 2.55. The van der Waals surface area contributed by atoms with E-state index >= 15 is 0 Å². The first-order valence-corrected chi connectivity index (χ1v) is 3.75. The van der Waals surface area contributed by atoms with Crippen LogP contribution in [0.3, 0.4) is 0 Å². The minimum absolute atomic E-state index is 0.454. The van der Waals surface area contributed by atoms with E-state index in [9.17, 15) is 0 Å². The molecular weight excluding hydrogens is 114 g/mol. The average molecular weight is 127 g/mol. The van der Waals surface area contributed by atoms with Gasteiger partial charge in [0.15, 0.2) is 0 Å². The lowest BCUT2D eigenvalue weighted by atomic mass is 9.73. The SMILES string of the molecule is N[C@@H]1C[C@H]2OCCC[C@H]12. The van der Waals surface area contributed by atoms with Crippen LogP contribution >= 0.6 is 0 Å². The van der Waals surface area contributed by atoms with Gasteiger partial charge in [0.05, 0.1) is 6.10 Å². The van der Waals surface area contributed by atoms with Gasteiger partial charge >= 0.3 is 0 Å². The zero-order chi connectivity index (χ0) is 6.27. The van der Waals surface area contributed by atoms with Gasteiger partial charge in [-0.25, -0.2) is 0 Å². The van der Waals surface area contributed by atoms with E-state index in [1.54, 1.807) is 0 Å². The smallest absolute Gasteiger partial charge is 0.0632 e. The summed E-state index contributed by atoms with van der Waals surface area (Å²) in [6.07, 6.45) is 4.15. The molecule has 0 aromatic rings. The fourth-order valence-electron chi connectivity index (χ4n) is 1.84. The van der Waals surface area contributed by atoms with Gasteiger partial charge in [0.2, 0.25) is 0 Å². The van der Waals surface area contributed by atoms with Crippen molar-refractivity contribution in [1.82, 2.24) is 0 Å². The highest BCUT2D eigenvalue weighted by Crippen LogP contribution is 2.36. The molecule has 2 fully saturated rings. The fraction of sp³-hybridized carbons (Fsp3) is 1.00. The van der Waals surface area contributed by atoms with Gasteiger partial charge in [0.1, 0.15) is 0 Å². The summed E-state index contributed by atoms with van der Waals surface area (Å²) in [5.41, 5.74) is 5.75. The molecule has 1 aliphatic heterocycles. The van der Waals surface area contributed by atoms with Crippen molar-refractivity contribution in [3.8, 4) is 0 Å². The van der Waals surface area contributed by atoms with Crippen LogP contribution in [0, 0.1) is 5.92 Å². The van der Waals surface area contributed by atoms with Gasteiger partial charge < -0.3 is 10.5 Å². The van der Waals surface area contributed by atoms with Crippen LogP contribution in [0.2, 0.25) is 0 Å². The standard InChI is InChI=1S/C7H13NO/c8-6-4-7-5(6)2-1-3-9-7/h5-7H,1-4,8H2/t5-,6-,7-/m1/s1. The minimum Gasteiger partial charge on any atom is -0.378 e. The largest absolute Gasteiger partial charge is 0.378 e. The molecule has 2 heteroatoms. The molecule has 0 radical (unpaired) electrons. The maximum atomic E-state index is 5.75. The van der Waals surface area contributed by atoms with Crippen molar-refractivity contribution in [3.05, 3.63) is 0 Å². The maximum Gasteiger partial charge on any atom is 0.0632 e. The molecule has 1 heterocycles. The van der Waals surface area contributed by atoms with Gasteiger partial charge in [-0.3, -0.25) is 0 Å². The van der Waals surface area contributed by atoms with E-state index in [2.05, 4.69) is 0 Å². The molecular formula is C7H13NO. The summed E-state index contributed by atoms with van der Waals surface area (Å²) >= 11 is 0. The molecule has 0 spiro atoms. The highest BCUT2D eigenvalue weighted by Gasteiger charge is 2.40. The minimum atomic E-state index is 0.454. The molecule has 0 bridgehead atoms. The lowest BCUT2D eigenvalue weighted by Gasteiger charge is -2.45. The summed E-state index contributed by atoms with van der Waals surface area (Å²) in [5.74, 6) is 0.707. The van der Waals surface area contributed by atoms with Crippen LogP contribution in [-0.4, -0.2) is 18.8 Å². The first-order chi connectivity index (χ1) is 4.38. The van der Waals surface area contributed by atoms with E-state index in [1.165, 1.54) is 12.8 Å².